The van der Waals surface area contributed by atoms with Crippen molar-refractivity contribution in [2.45, 2.75) is 32.2 Å². The molecule has 1 amide bonds. The number of carbonyl (C=O) groups is 1. The van der Waals surface area contributed by atoms with E-state index in [0.717, 1.165) is 18.6 Å². The Kier molecular flexibility index (Phi) is 5.08. The standard InChI is InChI=1S/C15H20ClNO2/c1-2-19-14-8-6-12(7-9-14)15(18)17(11-10-16)13-4-3-5-13/h6-9,13H,2-5,10-11H2,1H3. The first-order valence-corrected chi connectivity index (χ1v) is 7.39. The average Bonchev–Trinajstić information content (AvgIpc) is 2.37. The van der Waals surface area contributed by atoms with E-state index in [9.17, 15) is 4.79 Å². The molecule has 0 aromatic heterocycles. The van der Waals surface area contributed by atoms with Crippen LogP contribution in [-0.2, 0) is 0 Å². The number of alkyl halides is 1. The van der Waals surface area contributed by atoms with Crippen LogP contribution in [0, 0.1) is 0 Å². The summed E-state index contributed by atoms with van der Waals surface area (Å²) in [7, 11) is 0. The zero-order valence-electron chi connectivity index (χ0n) is 11.3. The highest BCUT2D eigenvalue weighted by atomic mass is 35.5. The van der Waals surface area contributed by atoms with Gasteiger partial charge in [-0.2, -0.15) is 0 Å². The highest BCUT2D eigenvalue weighted by Crippen LogP contribution is 2.26. The van der Waals surface area contributed by atoms with Gasteiger partial charge in [0.15, 0.2) is 0 Å². The molecule has 1 aromatic carbocycles. The van der Waals surface area contributed by atoms with Crippen LogP contribution in [-0.4, -0.2) is 35.9 Å². The largest absolute Gasteiger partial charge is 0.494 e. The van der Waals surface area contributed by atoms with Crippen molar-refractivity contribution in [2.75, 3.05) is 19.0 Å². The second kappa shape index (κ2) is 6.80. The predicted octanol–water partition coefficient (Wildman–Crippen LogP) is 3.32. The molecule has 0 unspecified atom stereocenters. The normalized spacial score (nSPS) is 14.8. The lowest BCUT2D eigenvalue weighted by molar-refractivity contribution is 0.0598. The number of carbonyl (C=O) groups excluding carboxylic acids is 1. The first-order valence-electron chi connectivity index (χ1n) is 6.86. The summed E-state index contributed by atoms with van der Waals surface area (Å²) in [6.45, 7) is 3.20. The molecule has 1 fully saturated rings. The second-order valence-corrected chi connectivity index (χ2v) is 5.11. The lowest BCUT2D eigenvalue weighted by Crippen LogP contribution is -2.45. The third-order valence-electron chi connectivity index (χ3n) is 3.51. The maximum Gasteiger partial charge on any atom is 0.254 e. The molecule has 19 heavy (non-hydrogen) atoms. The Bertz CT molecular complexity index is 415. The Balaban J connectivity index is 2.07. The highest BCUT2D eigenvalue weighted by molar-refractivity contribution is 6.18. The smallest absolute Gasteiger partial charge is 0.254 e. The van der Waals surface area contributed by atoms with Gasteiger partial charge < -0.3 is 9.64 Å². The van der Waals surface area contributed by atoms with Crippen LogP contribution in [0.15, 0.2) is 24.3 Å². The van der Waals surface area contributed by atoms with Gasteiger partial charge in [0.1, 0.15) is 5.75 Å². The summed E-state index contributed by atoms with van der Waals surface area (Å²) in [6, 6.07) is 7.71. The number of ether oxygens (including phenoxy) is 1. The Morgan fingerprint density at radius 2 is 2.05 bits per heavy atom. The van der Waals surface area contributed by atoms with Crippen molar-refractivity contribution in [2.24, 2.45) is 0 Å². The van der Waals surface area contributed by atoms with Crippen LogP contribution in [0.1, 0.15) is 36.5 Å². The highest BCUT2D eigenvalue weighted by Gasteiger charge is 2.28. The van der Waals surface area contributed by atoms with Crippen LogP contribution >= 0.6 is 11.6 Å². The van der Waals surface area contributed by atoms with Crippen LogP contribution in [0.5, 0.6) is 5.75 Å². The Morgan fingerprint density at radius 3 is 2.53 bits per heavy atom. The topological polar surface area (TPSA) is 29.5 Å². The summed E-state index contributed by atoms with van der Waals surface area (Å²) in [5.74, 6) is 1.36. The van der Waals surface area contributed by atoms with E-state index in [2.05, 4.69) is 0 Å². The molecule has 0 bridgehead atoms. The zero-order chi connectivity index (χ0) is 13.7. The molecule has 4 heteroatoms. The molecule has 0 aliphatic heterocycles. The van der Waals surface area contributed by atoms with E-state index in [1.165, 1.54) is 6.42 Å². The van der Waals surface area contributed by atoms with Crippen molar-refractivity contribution in [3.63, 3.8) is 0 Å². The molecule has 0 saturated heterocycles. The minimum Gasteiger partial charge on any atom is -0.494 e. The van der Waals surface area contributed by atoms with Gasteiger partial charge in [-0.1, -0.05) is 0 Å². The van der Waals surface area contributed by atoms with Crippen LogP contribution in [0.3, 0.4) is 0 Å². The monoisotopic (exact) mass is 281 g/mol. The van der Waals surface area contributed by atoms with Crippen molar-refractivity contribution >= 4 is 17.5 Å². The third kappa shape index (κ3) is 3.41. The first kappa shape index (κ1) is 14.2. The summed E-state index contributed by atoms with van der Waals surface area (Å²) in [6.07, 6.45) is 3.40. The maximum atomic E-state index is 12.5. The Morgan fingerprint density at radius 1 is 1.37 bits per heavy atom. The molecule has 0 N–H and O–H groups in total. The van der Waals surface area contributed by atoms with Gasteiger partial charge in [0.2, 0.25) is 0 Å². The number of amides is 1. The van der Waals surface area contributed by atoms with Gasteiger partial charge in [-0.3, -0.25) is 4.79 Å². The van der Waals surface area contributed by atoms with Crippen LogP contribution in [0.2, 0.25) is 0 Å². The fourth-order valence-electron chi connectivity index (χ4n) is 2.27. The van der Waals surface area contributed by atoms with E-state index < -0.39 is 0 Å². The number of hydrogen-bond donors (Lipinski definition) is 0. The molecular formula is C15H20ClNO2. The van der Waals surface area contributed by atoms with Crippen molar-refractivity contribution < 1.29 is 9.53 Å². The van der Waals surface area contributed by atoms with Crippen molar-refractivity contribution in [3.05, 3.63) is 29.8 Å². The number of rotatable bonds is 6. The molecule has 3 nitrogen and oxygen atoms in total. The number of halogens is 1. The molecule has 1 aromatic rings. The summed E-state index contributed by atoms with van der Waals surface area (Å²) < 4.78 is 5.38. The number of benzene rings is 1. The SMILES string of the molecule is CCOc1ccc(C(=O)N(CCCl)C2CCC2)cc1. The minimum atomic E-state index is 0.0772. The Labute approximate surface area is 119 Å². The second-order valence-electron chi connectivity index (χ2n) is 4.73. The first-order chi connectivity index (χ1) is 9.26. The van der Waals surface area contributed by atoms with E-state index in [1.807, 2.05) is 36.1 Å². The molecule has 1 saturated carbocycles. The van der Waals surface area contributed by atoms with Crippen LogP contribution < -0.4 is 4.74 Å². The van der Waals surface area contributed by atoms with E-state index in [4.69, 9.17) is 16.3 Å². The van der Waals surface area contributed by atoms with Crippen LogP contribution in [0.25, 0.3) is 0 Å². The Hall–Kier alpha value is -1.22. The molecule has 1 aliphatic rings. The van der Waals surface area contributed by atoms with E-state index in [0.29, 0.717) is 30.6 Å². The summed E-state index contributed by atoms with van der Waals surface area (Å²) in [4.78, 5) is 14.4. The van der Waals surface area contributed by atoms with E-state index in [1.54, 1.807) is 0 Å². The van der Waals surface area contributed by atoms with Gasteiger partial charge in [-0.05, 0) is 50.5 Å². The third-order valence-corrected chi connectivity index (χ3v) is 3.68. The van der Waals surface area contributed by atoms with Gasteiger partial charge in [-0.25, -0.2) is 0 Å². The van der Waals surface area contributed by atoms with E-state index >= 15 is 0 Å². The van der Waals surface area contributed by atoms with Crippen molar-refractivity contribution in [1.29, 1.82) is 0 Å². The summed E-state index contributed by atoms with van der Waals surface area (Å²) in [5.41, 5.74) is 0.709. The minimum absolute atomic E-state index is 0.0772. The summed E-state index contributed by atoms with van der Waals surface area (Å²) in [5, 5.41) is 0. The molecular weight excluding hydrogens is 262 g/mol. The van der Waals surface area contributed by atoms with Gasteiger partial charge in [0.05, 0.1) is 6.61 Å². The fourth-order valence-corrected chi connectivity index (χ4v) is 2.45. The lowest BCUT2D eigenvalue weighted by Gasteiger charge is -2.37. The summed E-state index contributed by atoms with van der Waals surface area (Å²) >= 11 is 5.81. The van der Waals surface area contributed by atoms with Crippen molar-refractivity contribution in [1.82, 2.24) is 4.90 Å². The molecule has 104 valence electrons. The molecule has 1 aliphatic carbocycles. The molecule has 0 heterocycles. The maximum absolute atomic E-state index is 12.5. The zero-order valence-corrected chi connectivity index (χ0v) is 12.0. The molecule has 0 atom stereocenters. The molecule has 2 rings (SSSR count). The van der Waals surface area contributed by atoms with Gasteiger partial charge in [-0.15, -0.1) is 11.6 Å². The average molecular weight is 282 g/mol. The van der Waals surface area contributed by atoms with E-state index in [-0.39, 0.29) is 5.91 Å². The van der Waals surface area contributed by atoms with Gasteiger partial charge >= 0.3 is 0 Å². The van der Waals surface area contributed by atoms with Gasteiger partial charge in [0.25, 0.3) is 5.91 Å². The quantitative estimate of drug-likeness (QED) is 0.749. The molecule has 0 radical (unpaired) electrons. The van der Waals surface area contributed by atoms with Crippen LogP contribution in [0.4, 0.5) is 0 Å². The molecule has 0 spiro atoms. The number of nitrogens with zero attached hydrogens (tertiary/aromatic N) is 1. The van der Waals surface area contributed by atoms with Gasteiger partial charge in [0, 0.05) is 24.0 Å². The van der Waals surface area contributed by atoms with Crippen molar-refractivity contribution in [3.8, 4) is 5.75 Å². The number of hydrogen-bond acceptors (Lipinski definition) is 2. The predicted molar refractivity (Wildman–Crippen MR) is 77.0 cm³/mol. The lowest BCUT2D eigenvalue weighted by atomic mass is 9.91. The fraction of sp³-hybridized carbons (Fsp3) is 0.533.